The Hall–Kier alpha value is -1.30. The molecule has 0 radical (unpaired) electrons. The summed E-state index contributed by atoms with van der Waals surface area (Å²) in [7, 11) is 0. The number of hydrogen-bond donors (Lipinski definition) is 1. The number of halogens is 2. The van der Waals surface area contributed by atoms with E-state index in [-0.39, 0.29) is 11.4 Å². The lowest BCUT2D eigenvalue weighted by atomic mass is 10.2. The van der Waals surface area contributed by atoms with Crippen LogP contribution in [0.5, 0.6) is 0 Å². The van der Waals surface area contributed by atoms with Gasteiger partial charge in [0.05, 0.1) is 6.04 Å². The lowest BCUT2D eigenvalue weighted by Gasteiger charge is -2.09. The molecule has 1 N–H and O–H groups in total. The van der Waals surface area contributed by atoms with Crippen molar-refractivity contribution in [2.75, 3.05) is 6.67 Å². The fourth-order valence-corrected chi connectivity index (χ4v) is 1.48. The maximum atomic E-state index is 12.2. The number of nitrogens with one attached hydrogen (secondary N) is 1. The van der Waals surface area contributed by atoms with Crippen molar-refractivity contribution < 1.29 is 14.0 Å². The monoisotopic (exact) mass is 288 g/mol. The smallest absolute Gasteiger partial charge is 0.270 e. The van der Waals surface area contributed by atoms with E-state index in [9.17, 15) is 14.0 Å². The summed E-state index contributed by atoms with van der Waals surface area (Å²) in [5, 5.41) is 2.41. The third kappa shape index (κ3) is 3.37. The maximum absolute atomic E-state index is 12.2. The normalized spacial score (nSPS) is 11.9. The molecule has 1 aromatic rings. The summed E-state index contributed by atoms with van der Waals surface area (Å²) in [4.78, 5) is 25.9. The second kappa shape index (κ2) is 5.69. The quantitative estimate of drug-likeness (QED) is 0.859. The average molecular weight is 289 g/mol. The van der Waals surface area contributed by atoms with Gasteiger partial charge in [0.25, 0.3) is 5.91 Å². The summed E-state index contributed by atoms with van der Waals surface area (Å²) in [5.41, 5.74) is 0.226. The van der Waals surface area contributed by atoms with Crippen LogP contribution in [0.1, 0.15) is 27.9 Å². The first-order valence-corrected chi connectivity index (χ1v) is 5.35. The molecule has 0 aromatic carbocycles. The van der Waals surface area contributed by atoms with Gasteiger partial charge in [-0.15, -0.1) is 0 Å². The van der Waals surface area contributed by atoms with Crippen molar-refractivity contribution in [2.45, 2.75) is 13.0 Å². The highest BCUT2D eigenvalue weighted by atomic mass is 79.9. The molecular weight excluding hydrogens is 279 g/mol. The first-order chi connectivity index (χ1) is 7.56. The van der Waals surface area contributed by atoms with E-state index in [1.165, 1.54) is 19.1 Å². The largest absolute Gasteiger partial charge is 0.346 e. The van der Waals surface area contributed by atoms with Crippen molar-refractivity contribution in [3.8, 4) is 0 Å². The molecule has 0 bridgehead atoms. The van der Waals surface area contributed by atoms with E-state index < -0.39 is 18.6 Å². The molecule has 0 aliphatic carbocycles. The predicted octanol–water partition coefficient (Wildman–Crippen LogP) is 1.74. The van der Waals surface area contributed by atoms with E-state index >= 15 is 0 Å². The lowest BCUT2D eigenvalue weighted by Crippen LogP contribution is -2.34. The summed E-state index contributed by atoms with van der Waals surface area (Å²) in [6.45, 7) is 0.886. The number of aromatic nitrogens is 1. The minimum atomic E-state index is -0.652. The summed E-state index contributed by atoms with van der Waals surface area (Å²) in [5.74, 6) is -0.505. The van der Waals surface area contributed by atoms with Gasteiger partial charge in [-0.25, -0.2) is 9.37 Å². The van der Waals surface area contributed by atoms with Crippen LogP contribution in [0, 0.1) is 0 Å². The van der Waals surface area contributed by atoms with E-state index in [0.29, 0.717) is 10.8 Å². The molecule has 1 heterocycles. The number of pyridine rings is 1. The molecule has 16 heavy (non-hydrogen) atoms. The van der Waals surface area contributed by atoms with Crippen molar-refractivity contribution in [2.24, 2.45) is 0 Å². The van der Waals surface area contributed by atoms with Crippen molar-refractivity contribution >= 4 is 28.1 Å². The third-order valence-electron chi connectivity index (χ3n) is 1.77. The molecule has 1 unspecified atom stereocenters. The standard InChI is InChI=1S/C10H10BrFN2O2/c1-6(4-12)13-10(16)9-3-7(11)2-8(5-15)14-9/h2-3,5-6H,4H2,1H3,(H,13,16). The molecule has 1 amide bonds. The van der Waals surface area contributed by atoms with Gasteiger partial charge in [-0.1, -0.05) is 15.9 Å². The Labute approximate surface area is 100 Å². The van der Waals surface area contributed by atoms with Gasteiger partial charge in [0.1, 0.15) is 18.1 Å². The van der Waals surface area contributed by atoms with Gasteiger partial charge in [-0.3, -0.25) is 9.59 Å². The molecular formula is C10H10BrFN2O2. The van der Waals surface area contributed by atoms with Crippen LogP contribution in [0.3, 0.4) is 0 Å². The molecule has 0 spiro atoms. The predicted molar refractivity (Wildman–Crippen MR) is 60.2 cm³/mol. The molecule has 0 aliphatic rings. The second-order valence-electron chi connectivity index (χ2n) is 3.24. The second-order valence-corrected chi connectivity index (χ2v) is 4.16. The zero-order valence-corrected chi connectivity index (χ0v) is 10.1. The Bertz CT molecular complexity index is 412. The van der Waals surface area contributed by atoms with Gasteiger partial charge < -0.3 is 5.32 Å². The zero-order valence-electron chi connectivity index (χ0n) is 8.54. The van der Waals surface area contributed by atoms with Gasteiger partial charge in [-0.05, 0) is 19.1 Å². The first-order valence-electron chi connectivity index (χ1n) is 4.56. The number of nitrogens with zero attached hydrogens (tertiary/aromatic N) is 1. The number of amides is 1. The Morgan fingerprint density at radius 1 is 1.69 bits per heavy atom. The van der Waals surface area contributed by atoms with Crippen LogP contribution in [0.25, 0.3) is 0 Å². The average Bonchev–Trinajstić information content (AvgIpc) is 2.27. The SMILES string of the molecule is CC(CF)NC(=O)c1cc(Br)cc(C=O)n1. The Morgan fingerprint density at radius 2 is 2.38 bits per heavy atom. The van der Waals surface area contributed by atoms with Crippen molar-refractivity contribution in [1.29, 1.82) is 0 Å². The van der Waals surface area contributed by atoms with Crippen LogP contribution in [-0.2, 0) is 0 Å². The number of carbonyl (C=O) groups is 2. The molecule has 0 fully saturated rings. The zero-order chi connectivity index (χ0) is 12.1. The number of hydrogen-bond acceptors (Lipinski definition) is 3. The van der Waals surface area contributed by atoms with E-state index in [0.717, 1.165) is 0 Å². The molecule has 0 aliphatic heterocycles. The molecule has 0 saturated heterocycles. The number of rotatable bonds is 4. The van der Waals surface area contributed by atoms with Gasteiger partial charge in [0, 0.05) is 4.47 Å². The highest BCUT2D eigenvalue weighted by Crippen LogP contribution is 2.12. The highest BCUT2D eigenvalue weighted by Gasteiger charge is 2.12. The van der Waals surface area contributed by atoms with E-state index in [1.807, 2.05) is 0 Å². The Kier molecular flexibility index (Phi) is 4.54. The molecule has 1 rings (SSSR count). The van der Waals surface area contributed by atoms with Crippen LogP contribution < -0.4 is 5.32 Å². The van der Waals surface area contributed by atoms with Crippen molar-refractivity contribution in [1.82, 2.24) is 10.3 Å². The number of alkyl halides is 1. The molecule has 1 aromatic heterocycles. The Morgan fingerprint density at radius 3 is 2.94 bits per heavy atom. The van der Waals surface area contributed by atoms with Gasteiger partial charge >= 0.3 is 0 Å². The van der Waals surface area contributed by atoms with Crippen LogP contribution >= 0.6 is 15.9 Å². The minimum Gasteiger partial charge on any atom is -0.346 e. The Balaban J connectivity index is 2.90. The van der Waals surface area contributed by atoms with E-state index in [4.69, 9.17) is 0 Å². The summed E-state index contributed by atoms with van der Waals surface area (Å²) in [6.07, 6.45) is 0.542. The third-order valence-corrected chi connectivity index (χ3v) is 2.23. The first kappa shape index (κ1) is 12.8. The van der Waals surface area contributed by atoms with Gasteiger partial charge in [0.15, 0.2) is 6.29 Å². The van der Waals surface area contributed by atoms with Crippen molar-refractivity contribution in [3.05, 3.63) is 28.0 Å². The van der Waals surface area contributed by atoms with E-state index in [2.05, 4.69) is 26.2 Å². The van der Waals surface area contributed by atoms with Crippen LogP contribution in [0.2, 0.25) is 0 Å². The molecule has 1 atom stereocenters. The fourth-order valence-electron chi connectivity index (χ4n) is 1.03. The topological polar surface area (TPSA) is 59.1 Å². The van der Waals surface area contributed by atoms with Crippen LogP contribution in [-0.4, -0.2) is 29.9 Å². The van der Waals surface area contributed by atoms with Gasteiger partial charge in [-0.2, -0.15) is 0 Å². The lowest BCUT2D eigenvalue weighted by molar-refractivity contribution is 0.0929. The van der Waals surface area contributed by atoms with Crippen molar-refractivity contribution in [3.63, 3.8) is 0 Å². The van der Waals surface area contributed by atoms with Crippen LogP contribution in [0.15, 0.2) is 16.6 Å². The molecule has 0 saturated carbocycles. The summed E-state index contributed by atoms with van der Waals surface area (Å²) in [6, 6.07) is 2.38. The van der Waals surface area contributed by atoms with Gasteiger partial charge in [0.2, 0.25) is 0 Å². The van der Waals surface area contributed by atoms with Crippen LogP contribution in [0.4, 0.5) is 4.39 Å². The van der Waals surface area contributed by atoms with E-state index in [1.54, 1.807) is 0 Å². The number of carbonyl (C=O) groups excluding carboxylic acids is 2. The fraction of sp³-hybridized carbons (Fsp3) is 0.300. The molecule has 4 nitrogen and oxygen atoms in total. The number of aldehydes is 1. The molecule has 86 valence electrons. The molecule has 6 heteroatoms. The summed E-state index contributed by atoms with van der Waals surface area (Å²) >= 11 is 3.15. The minimum absolute atomic E-state index is 0.0803. The highest BCUT2D eigenvalue weighted by molar-refractivity contribution is 9.10. The maximum Gasteiger partial charge on any atom is 0.270 e. The summed E-state index contributed by atoms with van der Waals surface area (Å²) < 4.78 is 12.8.